The lowest BCUT2D eigenvalue weighted by Crippen LogP contribution is -2.30. The van der Waals surface area contributed by atoms with Gasteiger partial charge in [0.05, 0.1) is 10.2 Å². The van der Waals surface area contributed by atoms with Gasteiger partial charge in [-0.05, 0) is 24.6 Å². The van der Waals surface area contributed by atoms with Crippen LogP contribution in [0.3, 0.4) is 0 Å². The zero-order valence-corrected chi connectivity index (χ0v) is 10.3. The fraction of sp³-hybridized carbons (Fsp3) is 0.417. The van der Waals surface area contributed by atoms with E-state index in [9.17, 15) is 4.39 Å². The molecular weight excluding hydrogens is 223 g/mol. The Morgan fingerprint density at radius 3 is 2.88 bits per heavy atom. The molecule has 1 unspecified atom stereocenters. The Bertz CT molecular complexity index is 503. The SMILES string of the molecule is CCC(C)(CN)c1nc2ccc(F)cc2s1. The van der Waals surface area contributed by atoms with Gasteiger partial charge in [-0.25, -0.2) is 9.37 Å². The lowest BCUT2D eigenvalue weighted by atomic mass is 9.89. The van der Waals surface area contributed by atoms with Crippen LogP contribution in [0.25, 0.3) is 10.2 Å². The minimum absolute atomic E-state index is 0.0971. The lowest BCUT2D eigenvalue weighted by molar-refractivity contribution is 0.465. The van der Waals surface area contributed by atoms with Gasteiger partial charge >= 0.3 is 0 Å². The molecule has 0 aliphatic rings. The summed E-state index contributed by atoms with van der Waals surface area (Å²) in [6, 6.07) is 4.69. The molecule has 16 heavy (non-hydrogen) atoms. The van der Waals surface area contributed by atoms with Gasteiger partial charge in [0.25, 0.3) is 0 Å². The summed E-state index contributed by atoms with van der Waals surface area (Å²) in [7, 11) is 0. The highest BCUT2D eigenvalue weighted by Crippen LogP contribution is 2.33. The summed E-state index contributed by atoms with van der Waals surface area (Å²) >= 11 is 1.54. The van der Waals surface area contributed by atoms with Crippen LogP contribution in [0, 0.1) is 5.82 Å². The third-order valence-corrected chi connectivity index (χ3v) is 4.42. The average molecular weight is 238 g/mol. The zero-order valence-electron chi connectivity index (χ0n) is 9.46. The summed E-state index contributed by atoms with van der Waals surface area (Å²) in [5.74, 6) is -0.214. The standard InChI is InChI=1S/C12H15FN2S/c1-3-12(2,7-14)11-15-9-5-4-8(13)6-10(9)16-11/h4-6H,3,7,14H2,1-2H3. The van der Waals surface area contributed by atoms with Gasteiger partial charge in [-0.15, -0.1) is 11.3 Å². The van der Waals surface area contributed by atoms with Crippen molar-refractivity contribution in [1.29, 1.82) is 0 Å². The topological polar surface area (TPSA) is 38.9 Å². The molecule has 1 heterocycles. The Morgan fingerprint density at radius 1 is 1.50 bits per heavy atom. The second kappa shape index (κ2) is 4.11. The van der Waals surface area contributed by atoms with Crippen LogP contribution < -0.4 is 5.73 Å². The molecule has 0 spiro atoms. The molecule has 1 aromatic heterocycles. The molecule has 4 heteroatoms. The first-order valence-electron chi connectivity index (χ1n) is 5.35. The van der Waals surface area contributed by atoms with Gasteiger partial charge in [0, 0.05) is 12.0 Å². The number of hydrogen-bond acceptors (Lipinski definition) is 3. The van der Waals surface area contributed by atoms with Gasteiger partial charge in [-0.3, -0.25) is 0 Å². The Kier molecular flexibility index (Phi) is 2.95. The molecular formula is C12H15FN2S. The van der Waals surface area contributed by atoms with Crippen molar-refractivity contribution >= 4 is 21.6 Å². The maximum Gasteiger partial charge on any atom is 0.124 e. The lowest BCUT2D eigenvalue weighted by Gasteiger charge is -2.23. The van der Waals surface area contributed by atoms with Crippen molar-refractivity contribution in [2.75, 3.05) is 6.54 Å². The molecule has 0 fully saturated rings. The van der Waals surface area contributed by atoms with E-state index in [2.05, 4.69) is 18.8 Å². The Labute approximate surface area is 98.3 Å². The van der Waals surface area contributed by atoms with E-state index >= 15 is 0 Å². The largest absolute Gasteiger partial charge is 0.330 e. The number of benzene rings is 1. The van der Waals surface area contributed by atoms with Crippen molar-refractivity contribution < 1.29 is 4.39 Å². The first-order chi connectivity index (χ1) is 7.59. The number of nitrogens with zero attached hydrogens (tertiary/aromatic N) is 1. The molecule has 0 aliphatic carbocycles. The quantitative estimate of drug-likeness (QED) is 0.892. The highest BCUT2D eigenvalue weighted by molar-refractivity contribution is 7.18. The molecule has 0 saturated heterocycles. The maximum atomic E-state index is 13.1. The van der Waals surface area contributed by atoms with Crippen molar-refractivity contribution in [2.24, 2.45) is 5.73 Å². The molecule has 86 valence electrons. The number of aromatic nitrogens is 1. The first-order valence-corrected chi connectivity index (χ1v) is 6.17. The molecule has 0 amide bonds. The number of rotatable bonds is 3. The molecule has 0 saturated carbocycles. The first kappa shape index (κ1) is 11.5. The van der Waals surface area contributed by atoms with Crippen molar-refractivity contribution in [1.82, 2.24) is 4.98 Å². The van der Waals surface area contributed by atoms with Crippen molar-refractivity contribution in [3.63, 3.8) is 0 Å². The van der Waals surface area contributed by atoms with E-state index < -0.39 is 0 Å². The third-order valence-electron chi connectivity index (χ3n) is 3.10. The summed E-state index contributed by atoms with van der Waals surface area (Å²) in [5.41, 5.74) is 6.55. The molecule has 0 bridgehead atoms. The molecule has 0 aliphatic heterocycles. The number of nitrogens with two attached hydrogens (primary N) is 1. The number of thiazole rings is 1. The van der Waals surface area contributed by atoms with Gasteiger partial charge in [0.2, 0.25) is 0 Å². The minimum atomic E-state index is -0.214. The van der Waals surface area contributed by atoms with Crippen molar-refractivity contribution in [3.05, 3.63) is 29.0 Å². The van der Waals surface area contributed by atoms with Crippen LogP contribution in [0.4, 0.5) is 4.39 Å². The average Bonchev–Trinajstić information content (AvgIpc) is 2.71. The highest BCUT2D eigenvalue weighted by atomic mass is 32.1. The van der Waals surface area contributed by atoms with E-state index in [1.54, 1.807) is 6.07 Å². The third kappa shape index (κ3) is 1.83. The number of halogens is 1. The normalized spacial score (nSPS) is 15.2. The van der Waals surface area contributed by atoms with Crippen molar-refractivity contribution in [3.8, 4) is 0 Å². The summed E-state index contributed by atoms with van der Waals surface area (Å²) in [4.78, 5) is 4.54. The summed E-state index contributed by atoms with van der Waals surface area (Å²) in [5, 5.41) is 0.998. The van der Waals surface area contributed by atoms with Gasteiger partial charge in [-0.1, -0.05) is 13.8 Å². The summed E-state index contributed by atoms with van der Waals surface area (Å²) in [6.45, 7) is 4.76. The van der Waals surface area contributed by atoms with Gasteiger partial charge in [-0.2, -0.15) is 0 Å². The molecule has 2 aromatic rings. The molecule has 2 N–H and O–H groups in total. The van der Waals surface area contributed by atoms with Gasteiger partial charge < -0.3 is 5.73 Å². The van der Waals surface area contributed by atoms with E-state index in [0.717, 1.165) is 21.6 Å². The van der Waals surface area contributed by atoms with E-state index in [0.29, 0.717) is 6.54 Å². The van der Waals surface area contributed by atoms with Crippen LogP contribution >= 0.6 is 11.3 Å². The van der Waals surface area contributed by atoms with E-state index in [-0.39, 0.29) is 11.2 Å². The van der Waals surface area contributed by atoms with Crippen LogP contribution in [-0.2, 0) is 5.41 Å². The number of fused-ring (bicyclic) bond motifs is 1. The maximum absolute atomic E-state index is 13.1. The molecule has 2 nitrogen and oxygen atoms in total. The Balaban J connectivity index is 2.54. The van der Waals surface area contributed by atoms with E-state index in [1.807, 2.05) is 0 Å². The van der Waals surface area contributed by atoms with Gasteiger partial charge in [0.15, 0.2) is 0 Å². The van der Waals surface area contributed by atoms with E-state index in [4.69, 9.17) is 5.73 Å². The molecule has 1 aromatic carbocycles. The number of hydrogen-bond donors (Lipinski definition) is 1. The predicted molar refractivity (Wildman–Crippen MR) is 66.3 cm³/mol. The Morgan fingerprint density at radius 2 is 2.25 bits per heavy atom. The van der Waals surface area contributed by atoms with Crippen LogP contribution in [0.5, 0.6) is 0 Å². The second-order valence-electron chi connectivity index (χ2n) is 4.25. The smallest absolute Gasteiger partial charge is 0.124 e. The zero-order chi connectivity index (χ0) is 11.8. The van der Waals surface area contributed by atoms with Gasteiger partial charge in [0.1, 0.15) is 10.8 Å². The fourth-order valence-corrected chi connectivity index (χ4v) is 2.76. The summed E-state index contributed by atoms with van der Waals surface area (Å²) in [6.07, 6.45) is 0.936. The predicted octanol–water partition coefficient (Wildman–Crippen LogP) is 3.06. The van der Waals surface area contributed by atoms with Crippen LogP contribution in [0.2, 0.25) is 0 Å². The summed E-state index contributed by atoms with van der Waals surface area (Å²) < 4.78 is 14.0. The molecule has 2 rings (SSSR count). The fourth-order valence-electron chi connectivity index (χ4n) is 1.54. The monoisotopic (exact) mass is 238 g/mol. The van der Waals surface area contributed by atoms with Crippen LogP contribution in [0.15, 0.2) is 18.2 Å². The second-order valence-corrected chi connectivity index (χ2v) is 5.28. The van der Waals surface area contributed by atoms with Crippen LogP contribution in [-0.4, -0.2) is 11.5 Å². The molecule has 1 atom stereocenters. The van der Waals surface area contributed by atoms with Crippen LogP contribution in [0.1, 0.15) is 25.3 Å². The minimum Gasteiger partial charge on any atom is -0.330 e. The van der Waals surface area contributed by atoms with Crippen molar-refractivity contribution in [2.45, 2.75) is 25.7 Å². The highest BCUT2D eigenvalue weighted by Gasteiger charge is 2.26. The van der Waals surface area contributed by atoms with E-state index in [1.165, 1.54) is 23.5 Å². The molecule has 0 radical (unpaired) electrons. The Hall–Kier alpha value is -1.000.